The smallest absolute Gasteiger partial charge is 0.335 e. The topological polar surface area (TPSA) is 88.4 Å². The molecule has 0 saturated carbocycles. The van der Waals surface area contributed by atoms with Crippen molar-refractivity contribution in [3.05, 3.63) is 93.4 Å². The zero-order valence-corrected chi connectivity index (χ0v) is 21.3. The first-order chi connectivity index (χ1) is 17.2. The Balaban J connectivity index is 1.50. The van der Waals surface area contributed by atoms with Gasteiger partial charge < -0.3 is 14.6 Å². The van der Waals surface area contributed by atoms with Crippen LogP contribution in [0.5, 0.6) is 11.5 Å². The molecular formula is C28H26N2O5S. The van der Waals surface area contributed by atoms with Crippen LogP contribution in [0.3, 0.4) is 0 Å². The maximum atomic E-state index is 12.8. The number of carboxylic acid groups (broad SMARTS) is 1. The van der Waals surface area contributed by atoms with E-state index in [1.165, 1.54) is 17.3 Å². The van der Waals surface area contributed by atoms with E-state index in [1.807, 2.05) is 43.3 Å². The van der Waals surface area contributed by atoms with Crippen LogP contribution < -0.4 is 9.47 Å². The van der Waals surface area contributed by atoms with E-state index in [-0.39, 0.29) is 18.1 Å². The second kappa shape index (κ2) is 10.7. The maximum Gasteiger partial charge on any atom is 0.335 e. The van der Waals surface area contributed by atoms with Crippen molar-refractivity contribution in [3.8, 4) is 11.5 Å². The van der Waals surface area contributed by atoms with Crippen LogP contribution >= 0.6 is 11.8 Å². The number of amides is 1. The monoisotopic (exact) mass is 502 g/mol. The van der Waals surface area contributed by atoms with Crippen molar-refractivity contribution in [2.75, 3.05) is 14.2 Å². The van der Waals surface area contributed by atoms with Gasteiger partial charge in [-0.2, -0.15) is 0 Å². The maximum absolute atomic E-state index is 12.8. The van der Waals surface area contributed by atoms with E-state index in [0.717, 1.165) is 22.4 Å². The first-order valence-electron chi connectivity index (χ1n) is 11.2. The molecule has 0 spiro atoms. The van der Waals surface area contributed by atoms with E-state index in [4.69, 9.17) is 14.6 Å². The molecule has 0 radical (unpaired) electrons. The average Bonchev–Trinajstić information content (AvgIpc) is 3.13. The van der Waals surface area contributed by atoms with Gasteiger partial charge in [0.15, 0.2) is 16.7 Å². The normalized spacial score (nSPS) is 15.6. The second-order valence-electron chi connectivity index (χ2n) is 8.34. The number of aromatic carboxylic acids is 1. The van der Waals surface area contributed by atoms with Crippen LogP contribution in [0.25, 0.3) is 6.08 Å². The molecule has 1 aliphatic heterocycles. The number of likely N-dealkylation sites (N-methyl/N-ethyl adjacent to an activating group) is 1. The Morgan fingerprint density at radius 2 is 1.78 bits per heavy atom. The minimum absolute atomic E-state index is 0.119. The summed E-state index contributed by atoms with van der Waals surface area (Å²) in [5.74, 6) is -0.0185. The highest BCUT2D eigenvalue weighted by atomic mass is 32.2. The Morgan fingerprint density at radius 3 is 2.44 bits per heavy atom. The number of thioether (sulfide) groups is 1. The largest absolute Gasteiger partial charge is 0.493 e. The van der Waals surface area contributed by atoms with Gasteiger partial charge in [-0.15, -0.1) is 0 Å². The molecule has 0 atom stereocenters. The van der Waals surface area contributed by atoms with Crippen LogP contribution in [0.2, 0.25) is 0 Å². The molecule has 36 heavy (non-hydrogen) atoms. The zero-order chi connectivity index (χ0) is 25.8. The van der Waals surface area contributed by atoms with Gasteiger partial charge in [-0.1, -0.05) is 24.3 Å². The van der Waals surface area contributed by atoms with E-state index in [0.29, 0.717) is 21.6 Å². The van der Waals surface area contributed by atoms with Crippen molar-refractivity contribution in [1.82, 2.24) is 4.90 Å². The third kappa shape index (κ3) is 5.60. The van der Waals surface area contributed by atoms with Gasteiger partial charge in [0.2, 0.25) is 0 Å². The summed E-state index contributed by atoms with van der Waals surface area (Å²) in [7, 11) is 3.27. The Labute approximate surface area is 214 Å². The molecule has 3 aromatic carbocycles. The van der Waals surface area contributed by atoms with Gasteiger partial charge in [0, 0.05) is 7.05 Å². The predicted molar refractivity (Wildman–Crippen MR) is 142 cm³/mol. The molecular weight excluding hydrogens is 476 g/mol. The number of methoxy groups -OCH3 is 1. The van der Waals surface area contributed by atoms with Crippen LogP contribution in [0.1, 0.15) is 32.6 Å². The number of carboxylic acids is 1. The number of benzene rings is 3. The van der Waals surface area contributed by atoms with Crippen LogP contribution in [0, 0.1) is 13.8 Å². The van der Waals surface area contributed by atoms with Crippen molar-refractivity contribution in [2.45, 2.75) is 20.5 Å². The Kier molecular flexibility index (Phi) is 7.45. The lowest BCUT2D eigenvalue weighted by Crippen LogP contribution is -2.23. The standard InChI is InChI=1S/C28H26N2O5S/c1-17-5-11-22(13-18(17)2)29-28-30(3)26(31)25(36-28)15-20-8-12-23(24(14-20)34-4)35-16-19-6-9-21(10-7-19)27(32)33/h5-15H,16H2,1-4H3,(H,32,33)/b25-15-,29-28?. The second-order valence-corrected chi connectivity index (χ2v) is 9.35. The van der Waals surface area contributed by atoms with Crippen molar-refractivity contribution in [2.24, 2.45) is 4.99 Å². The summed E-state index contributed by atoms with van der Waals surface area (Å²) in [5, 5.41) is 9.65. The van der Waals surface area contributed by atoms with Crippen molar-refractivity contribution in [3.63, 3.8) is 0 Å². The quantitative estimate of drug-likeness (QED) is 0.410. The summed E-state index contributed by atoms with van der Waals surface area (Å²) in [6, 6.07) is 17.9. The zero-order valence-electron chi connectivity index (χ0n) is 20.4. The first-order valence-corrected chi connectivity index (χ1v) is 12.0. The highest BCUT2D eigenvalue weighted by Gasteiger charge is 2.30. The lowest BCUT2D eigenvalue weighted by molar-refractivity contribution is -0.121. The van der Waals surface area contributed by atoms with Crippen molar-refractivity contribution < 1.29 is 24.2 Å². The number of hydrogen-bond acceptors (Lipinski definition) is 6. The minimum Gasteiger partial charge on any atom is -0.493 e. The molecule has 1 amide bonds. The number of hydrogen-bond donors (Lipinski definition) is 1. The number of rotatable bonds is 7. The van der Waals surface area contributed by atoms with E-state index < -0.39 is 5.97 Å². The molecule has 0 aromatic heterocycles. The van der Waals surface area contributed by atoms with E-state index >= 15 is 0 Å². The molecule has 1 N–H and O–H groups in total. The van der Waals surface area contributed by atoms with Crippen LogP contribution in [-0.2, 0) is 11.4 Å². The predicted octanol–water partition coefficient (Wildman–Crippen LogP) is 5.82. The van der Waals surface area contributed by atoms with Gasteiger partial charge in [-0.3, -0.25) is 9.69 Å². The third-order valence-corrected chi connectivity index (χ3v) is 6.86. The van der Waals surface area contributed by atoms with Crippen molar-refractivity contribution in [1.29, 1.82) is 0 Å². The summed E-state index contributed by atoms with van der Waals surface area (Å²) in [6.07, 6.45) is 1.81. The van der Waals surface area contributed by atoms with E-state index in [9.17, 15) is 9.59 Å². The first kappa shape index (κ1) is 25.1. The fourth-order valence-electron chi connectivity index (χ4n) is 3.51. The number of amidine groups is 1. The van der Waals surface area contributed by atoms with Gasteiger partial charge in [0.05, 0.1) is 23.3 Å². The molecule has 3 aromatic rings. The molecule has 0 bridgehead atoms. The Bertz CT molecular complexity index is 1380. The molecule has 0 aliphatic carbocycles. The van der Waals surface area contributed by atoms with Gasteiger partial charge in [0.1, 0.15) is 6.61 Å². The molecule has 1 fully saturated rings. The SMILES string of the molecule is COc1cc(/C=C2\SC(=Nc3ccc(C)c(C)c3)N(C)C2=O)ccc1OCc1ccc(C(=O)O)cc1. The summed E-state index contributed by atoms with van der Waals surface area (Å²) in [5.41, 5.74) is 5.00. The molecule has 8 heteroatoms. The molecule has 1 saturated heterocycles. The van der Waals surface area contributed by atoms with E-state index in [1.54, 1.807) is 49.4 Å². The lowest BCUT2D eigenvalue weighted by Gasteiger charge is -2.12. The summed E-state index contributed by atoms with van der Waals surface area (Å²) >= 11 is 1.33. The van der Waals surface area contributed by atoms with Crippen LogP contribution in [0.4, 0.5) is 5.69 Å². The van der Waals surface area contributed by atoms with Crippen molar-refractivity contribution >= 4 is 40.6 Å². The Hall–Kier alpha value is -4.04. The molecule has 184 valence electrons. The fourth-order valence-corrected chi connectivity index (χ4v) is 4.49. The highest BCUT2D eigenvalue weighted by molar-refractivity contribution is 8.18. The molecule has 7 nitrogen and oxygen atoms in total. The summed E-state index contributed by atoms with van der Waals surface area (Å²) < 4.78 is 11.4. The number of ether oxygens (including phenoxy) is 2. The van der Waals surface area contributed by atoms with Gasteiger partial charge >= 0.3 is 5.97 Å². The third-order valence-electron chi connectivity index (χ3n) is 5.80. The average molecular weight is 503 g/mol. The van der Waals surface area contributed by atoms with E-state index in [2.05, 4.69) is 11.9 Å². The number of carbonyl (C=O) groups excluding carboxylic acids is 1. The molecule has 1 heterocycles. The minimum atomic E-state index is -0.970. The lowest BCUT2D eigenvalue weighted by atomic mass is 10.1. The Morgan fingerprint density at radius 1 is 1.03 bits per heavy atom. The number of nitrogens with zero attached hydrogens (tertiary/aromatic N) is 2. The summed E-state index contributed by atoms with van der Waals surface area (Å²) in [4.78, 5) is 30.6. The van der Waals surface area contributed by atoms with Gasteiger partial charge in [0.25, 0.3) is 5.91 Å². The number of aryl methyl sites for hydroxylation is 2. The highest BCUT2D eigenvalue weighted by Crippen LogP contribution is 2.35. The molecule has 0 unspecified atom stereocenters. The number of carbonyl (C=O) groups is 2. The van der Waals surface area contributed by atoms with Gasteiger partial charge in [-0.05, 0) is 90.3 Å². The fraction of sp³-hybridized carbons (Fsp3) is 0.179. The summed E-state index contributed by atoms with van der Waals surface area (Å²) in [6.45, 7) is 4.35. The molecule has 1 aliphatic rings. The molecule has 4 rings (SSSR count). The van der Waals surface area contributed by atoms with Gasteiger partial charge in [-0.25, -0.2) is 9.79 Å². The van der Waals surface area contributed by atoms with Crippen LogP contribution in [0.15, 0.2) is 70.6 Å². The van der Waals surface area contributed by atoms with Crippen LogP contribution in [-0.4, -0.2) is 41.2 Å². The number of aliphatic imine (C=N–C) groups is 1.